The van der Waals surface area contributed by atoms with Gasteiger partial charge in [-0.15, -0.1) is 0 Å². The first kappa shape index (κ1) is 18.4. The average Bonchev–Trinajstić information content (AvgIpc) is 3.41. The molecule has 4 heterocycles. The number of ether oxygens (including phenoxy) is 4. The Hall–Kier alpha value is -2.59. The number of halogens is 1. The molecule has 2 fully saturated rings. The molecule has 1 aromatic carbocycles. The van der Waals surface area contributed by atoms with E-state index in [-0.39, 0.29) is 17.7 Å². The second-order valence-electron chi connectivity index (χ2n) is 6.80. The molecule has 0 saturated carbocycles. The van der Waals surface area contributed by atoms with Crippen LogP contribution in [0.15, 0.2) is 43.0 Å². The van der Waals surface area contributed by atoms with E-state index in [1.165, 1.54) is 13.3 Å². The summed E-state index contributed by atoms with van der Waals surface area (Å²) < 4.78 is 25.4. The van der Waals surface area contributed by atoms with Crippen molar-refractivity contribution in [3.63, 3.8) is 0 Å². The second kappa shape index (κ2) is 7.34. The maximum Gasteiger partial charge on any atom is 0.302 e. The number of benzene rings is 1. The summed E-state index contributed by atoms with van der Waals surface area (Å²) in [6, 6.07) is 9.63. The highest BCUT2D eigenvalue weighted by Gasteiger charge is 2.54. The molecule has 10 heteroatoms. The van der Waals surface area contributed by atoms with Gasteiger partial charge in [-0.1, -0.05) is 41.9 Å². The molecule has 2 aromatic heterocycles. The summed E-state index contributed by atoms with van der Waals surface area (Å²) >= 11 is 6.12. The molecule has 0 radical (unpaired) electrons. The predicted molar refractivity (Wildman–Crippen MR) is 99.8 cm³/mol. The summed E-state index contributed by atoms with van der Waals surface area (Å²) in [5.74, 6) is -0.389. The lowest BCUT2D eigenvalue weighted by atomic mass is 10.1. The maximum atomic E-state index is 11.3. The molecule has 0 unspecified atom stereocenters. The molecule has 0 spiro atoms. The molecule has 9 nitrogen and oxygen atoms in total. The lowest BCUT2D eigenvalue weighted by Crippen LogP contribution is -2.32. The summed E-state index contributed by atoms with van der Waals surface area (Å²) in [7, 11) is 0. The van der Waals surface area contributed by atoms with Gasteiger partial charge in [0.25, 0.3) is 0 Å². The van der Waals surface area contributed by atoms with E-state index in [2.05, 4.69) is 15.0 Å². The van der Waals surface area contributed by atoms with E-state index in [1.807, 2.05) is 30.3 Å². The van der Waals surface area contributed by atoms with Crippen molar-refractivity contribution in [3.05, 3.63) is 53.7 Å². The van der Waals surface area contributed by atoms with E-state index in [4.69, 9.17) is 30.5 Å². The van der Waals surface area contributed by atoms with Gasteiger partial charge in [0, 0.05) is 12.5 Å². The van der Waals surface area contributed by atoms with E-state index < -0.39 is 30.8 Å². The smallest absolute Gasteiger partial charge is 0.302 e. The molecular formula is C19H17ClN4O5. The van der Waals surface area contributed by atoms with Gasteiger partial charge in [0.1, 0.15) is 36.8 Å². The van der Waals surface area contributed by atoms with Gasteiger partial charge in [-0.3, -0.25) is 9.36 Å². The van der Waals surface area contributed by atoms with E-state index in [0.717, 1.165) is 5.56 Å². The fourth-order valence-corrected chi connectivity index (χ4v) is 3.85. The van der Waals surface area contributed by atoms with Crippen LogP contribution < -0.4 is 0 Å². The first-order valence-corrected chi connectivity index (χ1v) is 9.47. The number of imidazole rings is 1. The molecule has 2 aliphatic rings. The van der Waals surface area contributed by atoms with E-state index in [9.17, 15) is 4.79 Å². The van der Waals surface area contributed by atoms with Crippen LogP contribution in [0.25, 0.3) is 11.2 Å². The van der Waals surface area contributed by atoms with Gasteiger partial charge in [-0.05, 0) is 0 Å². The van der Waals surface area contributed by atoms with Crippen molar-refractivity contribution < 1.29 is 23.7 Å². The molecule has 0 aliphatic carbocycles. The average molecular weight is 417 g/mol. The Morgan fingerprint density at radius 3 is 2.72 bits per heavy atom. The number of hydrogen-bond acceptors (Lipinski definition) is 8. The Kier molecular flexibility index (Phi) is 4.67. The third-order valence-electron chi connectivity index (χ3n) is 4.96. The van der Waals surface area contributed by atoms with Gasteiger partial charge in [-0.25, -0.2) is 15.0 Å². The van der Waals surface area contributed by atoms with Crippen molar-refractivity contribution in [1.29, 1.82) is 0 Å². The van der Waals surface area contributed by atoms with Crippen LogP contribution in [0.5, 0.6) is 0 Å². The molecular weight excluding hydrogens is 400 g/mol. The Morgan fingerprint density at radius 1 is 1.14 bits per heavy atom. The number of rotatable bonds is 4. The van der Waals surface area contributed by atoms with Crippen molar-refractivity contribution >= 4 is 28.7 Å². The van der Waals surface area contributed by atoms with Gasteiger partial charge >= 0.3 is 5.97 Å². The highest BCUT2D eigenvalue weighted by molar-refractivity contribution is 6.33. The molecule has 0 amide bonds. The van der Waals surface area contributed by atoms with Gasteiger partial charge in [-0.2, -0.15) is 0 Å². The van der Waals surface area contributed by atoms with Crippen LogP contribution in [-0.4, -0.2) is 50.4 Å². The number of esters is 1. The van der Waals surface area contributed by atoms with E-state index >= 15 is 0 Å². The van der Waals surface area contributed by atoms with E-state index in [0.29, 0.717) is 11.2 Å². The zero-order valence-corrected chi connectivity index (χ0v) is 16.1. The normalized spacial score (nSPS) is 28.6. The minimum Gasteiger partial charge on any atom is -0.463 e. The first-order chi connectivity index (χ1) is 14.1. The molecule has 3 aromatic rings. The summed E-state index contributed by atoms with van der Waals surface area (Å²) in [6.07, 6.45) is 0.435. The van der Waals surface area contributed by atoms with Crippen LogP contribution >= 0.6 is 11.6 Å². The van der Waals surface area contributed by atoms with Gasteiger partial charge < -0.3 is 18.9 Å². The molecule has 0 bridgehead atoms. The number of carbonyl (C=O) groups is 1. The maximum absolute atomic E-state index is 11.3. The summed E-state index contributed by atoms with van der Waals surface area (Å²) in [5.41, 5.74) is 1.89. The summed E-state index contributed by atoms with van der Waals surface area (Å²) in [6.45, 7) is 1.41. The second-order valence-corrected chi connectivity index (χ2v) is 7.16. The Balaban J connectivity index is 1.48. The fraction of sp³-hybridized carbons (Fsp3) is 0.368. The highest BCUT2D eigenvalue weighted by Crippen LogP contribution is 2.44. The molecule has 150 valence electrons. The Morgan fingerprint density at radius 2 is 1.93 bits per heavy atom. The number of nitrogens with zero attached hydrogens (tertiary/aromatic N) is 4. The van der Waals surface area contributed by atoms with Crippen LogP contribution in [0.2, 0.25) is 5.15 Å². The van der Waals surface area contributed by atoms with Crippen molar-refractivity contribution in [1.82, 2.24) is 19.5 Å². The minimum absolute atomic E-state index is 0.0558. The minimum atomic E-state index is -0.578. The van der Waals surface area contributed by atoms with Crippen molar-refractivity contribution in [2.75, 3.05) is 6.61 Å². The van der Waals surface area contributed by atoms with Crippen molar-refractivity contribution in [3.8, 4) is 0 Å². The lowest BCUT2D eigenvalue weighted by Gasteiger charge is -2.21. The molecule has 2 saturated heterocycles. The zero-order chi connectivity index (χ0) is 20.0. The largest absolute Gasteiger partial charge is 0.463 e. The van der Waals surface area contributed by atoms with E-state index in [1.54, 1.807) is 10.9 Å². The monoisotopic (exact) mass is 416 g/mol. The number of aromatic nitrogens is 4. The summed E-state index contributed by atoms with van der Waals surface area (Å²) in [4.78, 5) is 23.8. The molecule has 5 atom stereocenters. The van der Waals surface area contributed by atoms with Crippen molar-refractivity contribution in [2.24, 2.45) is 0 Å². The topological polar surface area (TPSA) is 97.6 Å². The standard InChI is InChI=1S/C19H17ClN4O5/c1-10(25)26-7-12-14-15(29-19(28-14)11-5-3-2-4-6-11)18(27-12)24-9-23-13-16(20)21-8-22-17(13)24/h2-6,8-9,12,14-15,18-19H,7H2,1H3/t12-,14-,15-,18-,19-/m1/s1. The summed E-state index contributed by atoms with van der Waals surface area (Å²) in [5, 5.41) is 0.255. The van der Waals surface area contributed by atoms with Gasteiger partial charge in [0.15, 0.2) is 23.3 Å². The quantitative estimate of drug-likeness (QED) is 0.472. The Bertz CT molecular complexity index is 1050. The molecule has 2 aliphatic heterocycles. The third kappa shape index (κ3) is 3.25. The van der Waals surface area contributed by atoms with Crippen LogP contribution in [0.4, 0.5) is 0 Å². The number of carbonyl (C=O) groups excluding carboxylic acids is 1. The molecule has 5 rings (SSSR count). The fourth-order valence-electron chi connectivity index (χ4n) is 3.67. The lowest BCUT2D eigenvalue weighted by molar-refractivity contribution is -0.165. The first-order valence-electron chi connectivity index (χ1n) is 9.09. The third-order valence-corrected chi connectivity index (χ3v) is 5.23. The Labute approximate surface area is 170 Å². The van der Waals surface area contributed by atoms with Crippen LogP contribution in [0.3, 0.4) is 0 Å². The number of fused-ring (bicyclic) bond motifs is 2. The zero-order valence-electron chi connectivity index (χ0n) is 15.3. The number of hydrogen-bond donors (Lipinski definition) is 0. The highest BCUT2D eigenvalue weighted by atomic mass is 35.5. The molecule has 0 N–H and O–H groups in total. The molecule has 29 heavy (non-hydrogen) atoms. The van der Waals surface area contributed by atoms with Gasteiger partial charge in [0.2, 0.25) is 0 Å². The van der Waals surface area contributed by atoms with Gasteiger partial charge in [0.05, 0.1) is 6.33 Å². The van der Waals surface area contributed by atoms with Crippen LogP contribution in [0, 0.1) is 0 Å². The van der Waals surface area contributed by atoms with Crippen molar-refractivity contribution in [2.45, 2.75) is 37.8 Å². The van der Waals surface area contributed by atoms with Crippen LogP contribution in [0.1, 0.15) is 25.0 Å². The SMILES string of the molecule is CC(=O)OC[C@H]1O[C@@H](n2cnc3c(Cl)ncnc32)[C@@H]2O[C@H](c3ccccc3)O[C@@H]21. The predicted octanol–water partition coefficient (Wildman–Crippen LogP) is 2.42. The van der Waals surface area contributed by atoms with Crippen LogP contribution in [-0.2, 0) is 23.7 Å².